The topological polar surface area (TPSA) is 124 Å². The first-order valence-corrected chi connectivity index (χ1v) is 10.8. The Morgan fingerprint density at radius 3 is 2.47 bits per heavy atom. The number of hydrogen-bond acceptors (Lipinski definition) is 7. The highest BCUT2D eigenvalue weighted by Gasteiger charge is 2.45. The molecule has 0 saturated carbocycles. The largest absolute Gasteiger partial charge is 0.394 e. The zero-order valence-corrected chi connectivity index (χ0v) is 17.7. The Hall–Kier alpha value is -2.77. The Balaban J connectivity index is 0.000000222. The van der Waals surface area contributed by atoms with Crippen LogP contribution in [-0.2, 0) is 31.9 Å². The third-order valence-corrected chi connectivity index (χ3v) is 5.43. The molecule has 2 atom stereocenters. The molecule has 0 bridgehead atoms. The number of hydrogen-bond donors (Lipinski definition) is 2. The number of aliphatic hydroxyl groups excluding tert-OH is 1. The summed E-state index contributed by atoms with van der Waals surface area (Å²) in [5.41, 5.74) is 1.01. The normalized spacial score (nSPS) is 20.6. The molecule has 4 rings (SSSR count). The minimum atomic E-state index is -4.02. The SMILES string of the molecule is Cc1ccc(S(=O)(=O)O)cc1.OCC1CO[C@@](Cn2cncn2)(c2ccc(F)cc2F)O1. The summed E-state index contributed by atoms with van der Waals surface area (Å²) >= 11 is 0. The van der Waals surface area contributed by atoms with Crippen molar-refractivity contribution in [3.8, 4) is 0 Å². The highest BCUT2D eigenvalue weighted by molar-refractivity contribution is 7.85. The summed E-state index contributed by atoms with van der Waals surface area (Å²) in [7, 11) is -4.02. The predicted molar refractivity (Wildman–Crippen MR) is 107 cm³/mol. The maximum atomic E-state index is 14.1. The Labute approximate surface area is 183 Å². The summed E-state index contributed by atoms with van der Waals surface area (Å²) < 4.78 is 69.4. The van der Waals surface area contributed by atoms with E-state index in [1.54, 1.807) is 12.1 Å². The van der Waals surface area contributed by atoms with Gasteiger partial charge in [-0.3, -0.25) is 4.55 Å². The molecule has 12 heteroatoms. The summed E-state index contributed by atoms with van der Waals surface area (Å²) in [4.78, 5) is 3.74. The van der Waals surface area contributed by atoms with Gasteiger partial charge in [-0.15, -0.1) is 0 Å². The Bertz CT molecular complexity index is 1140. The predicted octanol–water partition coefficient (Wildman–Crippen LogP) is 2.06. The Morgan fingerprint density at radius 2 is 1.94 bits per heavy atom. The summed E-state index contributed by atoms with van der Waals surface area (Å²) in [6.07, 6.45) is 2.17. The van der Waals surface area contributed by atoms with Crippen LogP contribution in [0.5, 0.6) is 0 Å². The van der Waals surface area contributed by atoms with Gasteiger partial charge in [0.15, 0.2) is 0 Å². The van der Waals surface area contributed by atoms with Crippen molar-refractivity contribution < 1.29 is 36.3 Å². The fraction of sp³-hybridized carbons (Fsp3) is 0.300. The van der Waals surface area contributed by atoms with Crippen LogP contribution in [0.2, 0.25) is 0 Å². The second-order valence-corrected chi connectivity index (χ2v) is 8.41. The average molecular weight is 469 g/mol. The zero-order chi connectivity index (χ0) is 23.4. The molecule has 2 heterocycles. The van der Waals surface area contributed by atoms with E-state index in [4.69, 9.17) is 14.0 Å². The lowest BCUT2D eigenvalue weighted by molar-refractivity contribution is -0.193. The molecule has 1 saturated heterocycles. The summed E-state index contributed by atoms with van der Waals surface area (Å²) in [5.74, 6) is -2.95. The van der Waals surface area contributed by atoms with Crippen molar-refractivity contribution in [2.45, 2.75) is 30.3 Å². The maximum absolute atomic E-state index is 14.1. The molecule has 1 fully saturated rings. The fourth-order valence-corrected chi connectivity index (χ4v) is 3.48. The lowest BCUT2D eigenvalue weighted by atomic mass is 10.0. The lowest BCUT2D eigenvalue weighted by Crippen LogP contribution is -2.35. The highest BCUT2D eigenvalue weighted by Crippen LogP contribution is 2.37. The number of aliphatic hydroxyl groups is 1. The molecule has 1 aliphatic rings. The van der Waals surface area contributed by atoms with E-state index in [0.29, 0.717) is 0 Å². The van der Waals surface area contributed by atoms with E-state index in [9.17, 15) is 22.3 Å². The first-order chi connectivity index (χ1) is 15.1. The number of benzene rings is 2. The number of aryl methyl sites for hydroxylation is 1. The molecule has 0 spiro atoms. The van der Waals surface area contributed by atoms with Crippen molar-refractivity contribution in [1.29, 1.82) is 0 Å². The first kappa shape index (κ1) is 23.9. The minimum absolute atomic E-state index is 0.0338. The second kappa shape index (κ2) is 9.79. The molecule has 172 valence electrons. The second-order valence-electron chi connectivity index (χ2n) is 6.99. The van der Waals surface area contributed by atoms with E-state index in [0.717, 1.165) is 17.7 Å². The van der Waals surface area contributed by atoms with Crippen LogP contribution < -0.4 is 0 Å². The quantitative estimate of drug-likeness (QED) is 0.545. The fourth-order valence-electron chi connectivity index (χ4n) is 3.00. The molecule has 2 N–H and O–H groups in total. The standard InChI is InChI=1S/C13H13F2N3O3.C7H8O3S/c14-9-1-2-11(12(15)3-9)13(6-18-8-16-7-17-18)20-5-10(4-19)21-13;1-6-2-4-7(5-3-6)11(8,9)10/h1-3,7-8,10,19H,4-6H2;2-5H,1H3,(H,8,9,10)/t10?,13-;/m1./s1. The van der Waals surface area contributed by atoms with E-state index in [2.05, 4.69) is 10.1 Å². The smallest absolute Gasteiger partial charge is 0.294 e. The number of halogens is 2. The van der Waals surface area contributed by atoms with E-state index >= 15 is 0 Å². The third kappa shape index (κ3) is 5.72. The van der Waals surface area contributed by atoms with Crippen LogP contribution in [0, 0.1) is 18.6 Å². The van der Waals surface area contributed by atoms with Gasteiger partial charge in [-0.2, -0.15) is 13.5 Å². The van der Waals surface area contributed by atoms with Crippen LogP contribution in [0.1, 0.15) is 11.1 Å². The van der Waals surface area contributed by atoms with Crippen molar-refractivity contribution in [3.63, 3.8) is 0 Å². The minimum Gasteiger partial charge on any atom is -0.394 e. The van der Waals surface area contributed by atoms with Gasteiger partial charge < -0.3 is 14.6 Å². The van der Waals surface area contributed by atoms with Gasteiger partial charge >= 0.3 is 0 Å². The van der Waals surface area contributed by atoms with Gasteiger partial charge in [0.1, 0.15) is 36.9 Å². The maximum Gasteiger partial charge on any atom is 0.294 e. The van der Waals surface area contributed by atoms with Gasteiger partial charge in [0.05, 0.1) is 18.1 Å². The third-order valence-electron chi connectivity index (χ3n) is 4.56. The average Bonchev–Trinajstić information content (AvgIpc) is 3.39. The summed E-state index contributed by atoms with van der Waals surface area (Å²) in [6, 6.07) is 9.14. The molecule has 1 aromatic heterocycles. The van der Waals surface area contributed by atoms with Gasteiger partial charge in [-0.05, 0) is 31.2 Å². The van der Waals surface area contributed by atoms with E-state index in [-0.39, 0.29) is 30.2 Å². The van der Waals surface area contributed by atoms with Crippen LogP contribution in [0.4, 0.5) is 8.78 Å². The van der Waals surface area contributed by atoms with Crippen molar-refractivity contribution in [1.82, 2.24) is 14.8 Å². The molecule has 2 aromatic carbocycles. The van der Waals surface area contributed by atoms with Crippen LogP contribution in [0.25, 0.3) is 0 Å². The molecular weight excluding hydrogens is 448 g/mol. The molecule has 0 amide bonds. The monoisotopic (exact) mass is 469 g/mol. The van der Waals surface area contributed by atoms with E-state index in [1.165, 1.54) is 35.5 Å². The van der Waals surface area contributed by atoms with E-state index in [1.807, 2.05) is 6.92 Å². The van der Waals surface area contributed by atoms with E-state index < -0.39 is 33.6 Å². The number of ether oxygens (including phenoxy) is 2. The molecule has 9 nitrogen and oxygen atoms in total. The summed E-state index contributed by atoms with van der Waals surface area (Å²) in [5, 5.41) is 13.1. The van der Waals surface area contributed by atoms with Gasteiger partial charge in [0.2, 0.25) is 5.79 Å². The molecule has 0 aliphatic carbocycles. The van der Waals surface area contributed by atoms with Crippen molar-refractivity contribution in [2.24, 2.45) is 0 Å². The van der Waals surface area contributed by atoms with Gasteiger partial charge in [-0.25, -0.2) is 18.4 Å². The van der Waals surface area contributed by atoms with Crippen LogP contribution >= 0.6 is 0 Å². The lowest BCUT2D eigenvalue weighted by Gasteiger charge is -2.28. The Kier molecular flexibility index (Phi) is 7.31. The zero-order valence-electron chi connectivity index (χ0n) is 16.9. The van der Waals surface area contributed by atoms with Gasteiger partial charge in [0.25, 0.3) is 10.1 Å². The summed E-state index contributed by atoms with van der Waals surface area (Å²) in [6.45, 7) is 1.71. The Morgan fingerprint density at radius 1 is 1.22 bits per heavy atom. The van der Waals surface area contributed by atoms with Crippen molar-refractivity contribution in [2.75, 3.05) is 13.2 Å². The first-order valence-electron chi connectivity index (χ1n) is 9.38. The molecular formula is C20H21F2N3O6S. The van der Waals surface area contributed by atoms with Crippen molar-refractivity contribution in [3.05, 3.63) is 77.9 Å². The van der Waals surface area contributed by atoms with Crippen molar-refractivity contribution >= 4 is 10.1 Å². The number of aromatic nitrogens is 3. The van der Waals surface area contributed by atoms with Crippen LogP contribution in [0.3, 0.4) is 0 Å². The molecule has 1 aliphatic heterocycles. The molecule has 1 unspecified atom stereocenters. The molecule has 32 heavy (non-hydrogen) atoms. The van der Waals surface area contributed by atoms with Gasteiger partial charge in [0, 0.05) is 11.6 Å². The number of nitrogens with zero attached hydrogens (tertiary/aromatic N) is 3. The molecule has 3 aromatic rings. The number of rotatable bonds is 5. The molecule has 0 radical (unpaired) electrons. The van der Waals surface area contributed by atoms with Gasteiger partial charge in [-0.1, -0.05) is 17.7 Å². The van der Waals surface area contributed by atoms with Crippen LogP contribution in [0.15, 0.2) is 60.0 Å². The highest BCUT2D eigenvalue weighted by atomic mass is 32.2. The van der Waals surface area contributed by atoms with Crippen LogP contribution in [-0.4, -0.2) is 52.2 Å².